The molecule has 1 aliphatic heterocycles. The highest BCUT2D eigenvalue weighted by Crippen LogP contribution is 2.42. The van der Waals surface area contributed by atoms with Gasteiger partial charge in [0.05, 0.1) is 43.6 Å². The standard InChI is InChI=1S/C29H34BrClN6O4S/c1-4-18-5-10-26(36(2)42(38)39)24(15-18)33-28-23(31)17-32-29(35-28)34-25-16-22(30)20-8-6-19(37-11-13-41-14-12-37)7-9-21(20)27(25)40-3/h4-5,10,15-17,19,42H,1,6-9,11-14H2,2-3H3,(H2,32,33,34,35). The number of fused-ring (bicyclic) bond motifs is 1. The molecule has 2 aliphatic rings. The zero-order valence-electron chi connectivity index (χ0n) is 23.5. The fraction of sp³-hybridized carbons (Fsp3) is 0.379. The van der Waals surface area contributed by atoms with Crippen molar-refractivity contribution in [1.29, 1.82) is 0 Å². The van der Waals surface area contributed by atoms with Crippen molar-refractivity contribution in [3.8, 4) is 5.75 Å². The Morgan fingerprint density at radius 2 is 1.90 bits per heavy atom. The second kappa shape index (κ2) is 13.6. The lowest BCUT2D eigenvalue weighted by Crippen LogP contribution is -2.43. The van der Waals surface area contributed by atoms with Crippen molar-refractivity contribution in [3.63, 3.8) is 0 Å². The van der Waals surface area contributed by atoms with Gasteiger partial charge in [-0.1, -0.05) is 46.3 Å². The molecule has 1 unspecified atom stereocenters. The van der Waals surface area contributed by atoms with Crippen molar-refractivity contribution in [1.82, 2.24) is 14.9 Å². The van der Waals surface area contributed by atoms with Gasteiger partial charge in [0.15, 0.2) is 5.82 Å². The summed E-state index contributed by atoms with van der Waals surface area (Å²) in [4.78, 5) is 11.6. The van der Waals surface area contributed by atoms with Crippen LogP contribution in [0.2, 0.25) is 5.02 Å². The fourth-order valence-corrected chi connectivity index (χ4v) is 6.73. The third-order valence-electron chi connectivity index (χ3n) is 7.76. The predicted octanol–water partition coefficient (Wildman–Crippen LogP) is 5.57. The van der Waals surface area contributed by atoms with Gasteiger partial charge in [-0.3, -0.25) is 9.21 Å². The van der Waals surface area contributed by atoms with Crippen LogP contribution in [-0.2, 0) is 28.5 Å². The second-order valence-electron chi connectivity index (χ2n) is 10.2. The third-order valence-corrected chi connectivity index (χ3v) is 9.45. The van der Waals surface area contributed by atoms with E-state index in [1.807, 2.05) is 6.07 Å². The summed E-state index contributed by atoms with van der Waals surface area (Å²) in [5, 5.41) is 6.76. The molecule has 0 amide bonds. The first-order valence-electron chi connectivity index (χ1n) is 13.7. The van der Waals surface area contributed by atoms with Gasteiger partial charge in [-0.05, 0) is 55.0 Å². The van der Waals surface area contributed by atoms with Crippen LogP contribution >= 0.6 is 27.5 Å². The molecule has 5 rings (SSSR count). The second-order valence-corrected chi connectivity index (χ2v) is 12.5. The van der Waals surface area contributed by atoms with E-state index in [9.17, 15) is 8.42 Å². The summed E-state index contributed by atoms with van der Waals surface area (Å²) in [5.41, 5.74) is 4.92. The van der Waals surface area contributed by atoms with Crippen LogP contribution < -0.4 is 19.7 Å². The van der Waals surface area contributed by atoms with Gasteiger partial charge in [-0.25, -0.2) is 13.4 Å². The molecule has 0 bridgehead atoms. The first-order valence-corrected chi connectivity index (χ1v) is 16.0. The molecule has 1 fully saturated rings. The number of ether oxygens (including phenoxy) is 2. The number of methoxy groups -OCH3 is 1. The maximum Gasteiger partial charge on any atom is 0.229 e. The van der Waals surface area contributed by atoms with Crippen molar-refractivity contribution >= 4 is 73.3 Å². The Labute approximate surface area is 261 Å². The number of aromatic nitrogens is 2. The maximum absolute atomic E-state index is 11.7. The predicted molar refractivity (Wildman–Crippen MR) is 172 cm³/mol. The molecule has 1 aliphatic carbocycles. The van der Waals surface area contributed by atoms with Crippen LogP contribution in [0.25, 0.3) is 6.08 Å². The minimum Gasteiger partial charge on any atom is -0.494 e. The first kappa shape index (κ1) is 30.6. The van der Waals surface area contributed by atoms with Gasteiger partial charge >= 0.3 is 0 Å². The number of anilines is 5. The van der Waals surface area contributed by atoms with Crippen molar-refractivity contribution < 1.29 is 17.9 Å². The number of nitrogens with zero attached hydrogens (tertiary/aromatic N) is 4. The highest BCUT2D eigenvalue weighted by atomic mass is 79.9. The Kier molecular flexibility index (Phi) is 9.89. The smallest absolute Gasteiger partial charge is 0.229 e. The molecule has 13 heteroatoms. The van der Waals surface area contributed by atoms with E-state index in [4.69, 9.17) is 21.1 Å². The number of morpholine rings is 1. The van der Waals surface area contributed by atoms with Crippen LogP contribution in [-0.4, -0.2) is 69.8 Å². The largest absolute Gasteiger partial charge is 0.494 e. The minimum absolute atomic E-state index is 0.272. The lowest BCUT2D eigenvalue weighted by atomic mass is 10.0. The molecule has 0 radical (unpaired) electrons. The van der Waals surface area contributed by atoms with Gasteiger partial charge in [-0.15, -0.1) is 0 Å². The Bertz CT molecular complexity index is 1540. The molecule has 0 spiro atoms. The van der Waals surface area contributed by atoms with Gasteiger partial charge in [0.2, 0.25) is 16.8 Å². The van der Waals surface area contributed by atoms with Crippen LogP contribution in [0, 0.1) is 0 Å². The SMILES string of the molecule is C=Cc1ccc(N(C)[SH](=O)=O)c(Nc2nc(Nc3cc(Br)c4c(c3OC)CCC(N3CCOCC3)CC4)ncc2Cl)c1. The zero-order valence-corrected chi connectivity index (χ0v) is 26.8. The van der Waals surface area contributed by atoms with Crippen molar-refractivity contribution in [3.05, 3.63) is 63.2 Å². The zero-order chi connectivity index (χ0) is 29.8. The van der Waals surface area contributed by atoms with Gasteiger partial charge in [0.1, 0.15) is 10.8 Å². The molecule has 224 valence electrons. The van der Waals surface area contributed by atoms with Crippen LogP contribution in [0.1, 0.15) is 29.5 Å². The average Bonchev–Trinajstić information content (AvgIpc) is 3.23. The number of hydrogen-bond donors (Lipinski definition) is 3. The number of benzene rings is 2. The molecule has 2 heterocycles. The minimum atomic E-state index is -2.85. The van der Waals surface area contributed by atoms with Crippen molar-refractivity contribution in [2.24, 2.45) is 0 Å². The molecule has 1 saturated heterocycles. The van der Waals surface area contributed by atoms with Crippen LogP contribution in [0.15, 0.2) is 41.5 Å². The Morgan fingerprint density at radius 3 is 2.60 bits per heavy atom. The summed E-state index contributed by atoms with van der Waals surface area (Å²) in [5.74, 6) is 1.38. The molecule has 42 heavy (non-hydrogen) atoms. The third kappa shape index (κ3) is 6.68. The number of thiol groups is 1. The maximum atomic E-state index is 11.7. The summed E-state index contributed by atoms with van der Waals surface area (Å²) in [7, 11) is 0.304. The van der Waals surface area contributed by atoms with Crippen LogP contribution in [0.3, 0.4) is 0 Å². The lowest BCUT2D eigenvalue weighted by Gasteiger charge is -2.34. The first-order chi connectivity index (χ1) is 20.3. The summed E-state index contributed by atoms with van der Waals surface area (Å²) >= 11 is 10.3. The van der Waals surface area contributed by atoms with Gasteiger partial charge in [-0.2, -0.15) is 4.98 Å². The van der Waals surface area contributed by atoms with Crippen molar-refractivity contribution in [2.75, 3.05) is 55.4 Å². The van der Waals surface area contributed by atoms with E-state index in [1.165, 1.54) is 24.4 Å². The average molecular weight is 678 g/mol. The number of rotatable bonds is 9. The molecule has 1 aromatic heterocycles. The van der Waals surface area contributed by atoms with Gasteiger partial charge < -0.3 is 20.1 Å². The van der Waals surface area contributed by atoms with Crippen LogP contribution in [0.5, 0.6) is 5.75 Å². The highest BCUT2D eigenvalue weighted by molar-refractivity contribution is 9.10. The van der Waals surface area contributed by atoms with E-state index in [1.54, 1.807) is 31.4 Å². The molecule has 2 aromatic carbocycles. The Balaban J connectivity index is 1.43. The van der Waals surface area contributed by atoms with Gasteiger partial charge in [0, 0.05) is 36.2 Å². The molecule has 3 aromatic rings. The highest BCUT2D eigenvalue weighted by Gasteiger charge is 2.28. The summed E-state index contributed by atoms with van der Waals surface area (Å²) in [6.45, 7) is 7.34. The Morgan fingerprint density at radius 1 is 1.17 bits per heavy atom. The van der Waals surface area contributed by atoms with E-state index < -0.39 is 10.9 Å². The summed E-state index contributed by atoms with van der Waals surface area (Å²) in [6.07, 6.45) is 7.14. The van der Waals surface area contributed by atoms with E-state index >= 15 is 0 Å². The molecular weight excluding hydrogens is 644 g/mol. The summed E-state index contributed by atoms with van der Waals surface area (Å²) < 4.78 is 37.1. The number of hydrogen-bond acceptors (Lipinski definition) is 9. The fourth-order valence-electron chi connectivity index (χ4n) is 5.57. The molecule has 1 atom stereocenters. The van der Waals surface area contributed by atoms with E-state index in [2.05, 4.69) is 48.0 Å². The topological polar surface area (TPSA) is 109 Å². The normalized spacial score (nSPS) is 17.3. The number of halogens is 2. The van der Waals surface area contributed by atoms with Gasteiger partial charge in [0.25, 0.3) is 0 Å². The molecule has 2 N–H and O–H groups in total. The monoisotopic (exact) mass is 676 g/mol. The molecular formula is C29H34BrClN6O4S. The van der Waals surface area contributed by atoms with E-state index in [0.29, 0.717) is 29.2 Å². The molecule has 10 nitrogen and oxygen atoms in total. The van der Waals surface area contributed by atoms with Crippen molar-refractivity contribution in [2.45, 2.75) is 31.7 Å². The number of nitrogens with one attached hydrogen (secondary N) is 2. The van der Waals surface area contributed by atoms with E-state index in [-0.39, 0.29) is 5.02 Å². The lowest BCUT2D eigenvalue weighted by molar-refractivity contribution is 0.0136. The summed E-state index contributed by atoms with van der Waals surface area (Å²) in [6, 6.07) is 7.76. The Hall–Kier alpha value is -2.90. The quantitative estimate of drug-likeness (QED) is 0.198. The van der Waals surface area contributed by atoms with Crippen LogP contribution in [0.4, 0.5) is 28.8 Å². The van der Waals surface area contributed by atoms with E-state index in [0.717, 1.165) is 77.8 Å². The molecule has 0 saturated carbocycles.